The van der Waals surface area contributed by atoms with Crippen LogP contribution in [0.1, 0.15) is 12.5 Å². The first-order valence-corrected chi connectivity index (χ1v) is 8.39. The summed E-state index contributed by atoms with van der Waals surface area (Å²) in [5.41, 5.74) is 1.45. The van der Waals surface area contributed by atoms with Crippen molar-refractivity contribution in [2.45, 2.75) is 6.92 Å². The molecular formula is C19H17BrN2O2. The van der Waals surface area contributed by atoms with Crippen LogP contribution in [0, 0.1) is 0 Å². The number of aromatic nitrogens is 2. The van der Waals surface area contributed by atoms with Crippen molar-refractivity contribution in [1.29, 1.82) is 0 Å². The van der Waals surface area contributed by atoms with E-state index in [1.54, 1.807) is 6.08 Å². The van der Waals surface area contributed by atoms with Crippen molar-refractivity contribution in [2.75, 3.05) is 6.61 Å². The normalized spacial score (nSPS) is 11.7. The predicted octanol–water partition coefficient (Wildman–Crippen LogP) is 2.57. The SMILES string of the molecule is C=c1[nH]n(-c2ccccc2)c(=O)c1=Cc1cc(Br)ccc1OCC. The highest BCUT2D eigenvalue weighted by Gasteiger charge is 2.07. The number of para-hydroxylation sites is 1. The fraction of sp³-hybridized carbons (Fsp3) is 0.105. The lowest BCUT2D eigenvalue weighted by Crippen LogP contribution is -2.34. The maximum absolute atomic E-state index is 12.8. The van der Waals surface area contributed by atoms with Gasteiger partial charge >= 0.3 is 0 Å². The molecule has 0 radical (unpaired) electrons. The van der Waals surface area contributed by atoms with E-state index in [4.69, 9.17) is 4.74 Å². The Bertz CT molecular complexity index is 1020. The van der Waals surface area contributed by atoms with Crippen molar-refractivity contribution >= 4 is 28.6 Å². The van der Waals surface area contributed by atoms with Gasteiger partial charge in [-0.15, -0.1) is 0 Å². The number of benzene rings is 2. The van der Waals surface area contributed by atoms with Gasteiger partial charge in [0.05, 0.1) is 22.9 Å². The summed E-state index contributed by atoms with van der Waals surface area (Å²) in [4.78, 5) is 12.8. The summed E-state index contributed by atoms with van der Waals surface area (Å²) in [6.07, 6.45) is 1.80. The van der Waals surface area contributed by atoms with Crippen molar-refractivity contribution in [3.63, 3.8) is 0 Å². The van der Waals surface area contributed by atoms with Crippen LogP contribution in [-0.4, -0.2) is 16.4 Å². The zero-order valence-electron chi connectivity index (χ0n) is 13.3. The van der Waals surface area contributed by atoms with Crippen LogP contribution >= 0.6 is 15.9 Å². The lowest BCUT2D eigenvalue weighted by molar-refractivity contribution is 0.339. The van der Waals surface area contributed by atoms with Gasteiger partial charge in [0, 0.05) is 10.0 Å². The molecule has 3 aromatic rings. The number of halogens is 1. The van der Waals surface area contributed by atoms with Crippen LogP contribution in [0.25, 0.3) is 18.3 Å². The minimum atomic E-state index is -0.145. The van der Waals surface area contributed by atoms with E-state index in [9.17, 15) is 4.79 Å². The first-order valence-electron chi connectivity index (χ1n) is 7.59. The van der Waals surface area contributed by atoms with E-state index in [1.807, 2.05) is 55.5 Å². The van der Waals surface area contributed by atoms with Crippen LogP contribution in [0.4, 0.5) is 0 Å². The van der Waals surface area contributed by atoms with Gasteiger partial charge in [-0.05, 0) is 43.3 Å². The first-order chi connectivity index (χ1) is 11.6. The lowest BCUT2D eigenvalue weighted by Gasteiger charge is -2.07. The molecule has 0 amide bonds. The van der Waals surface area contributed by atoms with Gasteiger partial charge in [0.15, 0.2) is 0 Å². The molecule has 0 aliphatic rings. The summed E-state index contributed by atoms with van der Waals surface area (Å²) in [7, 11) is 0. The fourth-order valence-corrected chi connectivity index (χ4v) is 2.86. The van der Waals surface area contributed by atoms with Gasteiger partial charge in [-0.2, -0.15) is 0 Å². The van der Waals surface area contributed by atoms with Crippen molar-refractivity contribution < 1.29 is 4.74 Å². The molecule has 0 fully saturated rings. The molecule has 0 saturated carbocycles. The monoisotopic (exact) mass is 384 g/mol. The fourth-order valence-electron chi connectivity index (χ4n) is 2.48. The zero-order chi connectivity index (χ0) is 17.1. The third kappa shape index (κ3) is 3.21. The Kier molecular flexibility index (Phi) is 4.71. The molecule has 0 aliphatic heterocycles. The molecule has 4 nitrogen and oxygen atoms in total. The molecule has 0 aliphatic carbocycles. The first kappa shape index (κ1) is 16.3. The molecule has 0 saturated heterocycles. The minimum absolute atomic E-state index is 0.145. The van der Waals surface area contributed by atoms with E-state index in [1.165, 1.54) is 4.68 Å². The molecule has 1 heterocycles. The van der Waals surface area contributed by atoms with Gasteiger partial charge < -0.3 is 4.74 Å². The van der Waals surface area contributed by atoms with Crippen LogP contribution in [0.2, 0.25) is 0 Å². The summed E-state index contributed by atoms with van der Waals surface area (Å²) >= 11 is 3.46. The van der Waals surface area contributed by atoms with Gasteiger partial charge in [0.2, 0.25) is 0 Å². The maximum atomic E-state index is 12.8. The van der Waals surface area contributed by atoms with Crippen molar-refractivity contribution in [3.05, 3.63) is 79.5 Å². The topological polar surface area (TPSA) is 47.0 Å². The second-order valence-electron chi connectivity index (χ2n) is 5.24. The number of rotatable bonds is 4. The number of ether oxygens (including phenoxy) is 1. The van der Waals surface area contributed by atoms with E-state index in [0.29, 0.717) is 17.2 Å². The average Bonchev–Trinajstić information content (AvgIpc) is 2.86. The van der Waals surface area contributed by atoms with Crippen LogP contribution in [0.15, 0.2) is 57.8 Å². The molecule has 0 spiro atoms. The molecule has 2 aromatic carbocycles. The molecule has 1 aromatic heterocycles. The molecule has 24 heavy (non-hydrogen) atoms. The van der Waals surface area contributed by atoms with E-state index in [-0.39, 0.29) is 5.56 Å². The number of hydrogen-bond donors (Lipinski definition) is 1. The Morgan fingerprint density at radius 2 is 2.00 bits per heavy atom. The summed E-state index contributed by atoms with van der Waals surface area (Å²) in [6.45, 7) is 6.45. The van der Waals surface area contributed by atoms with Gasteiger partial charge in [0.25, 0.3) is 5.56 Å². The van der Waals surface area contributed by atoms with Crippen LogP contribution in [-0.2, 0) is 0 Å². The van der Waals surface area contributed by atoms with Crippen LogP contribution in [0.5, 0.6) is 5.75 Å². The number of nitrogens with one attached hydrogen (secondary N) is 1. The Morgan fingerprint density at radius 1 is 1.25 bits per heavy atom. The smallest absolute Gasteiger partial charge is 0.279 e. The molecule has 122 valence electrons. The van der Waals surface area contributed by atoms with E-state index in [0.717, 1.165) is 21.5 Å². The molecular weight excluding hydrogens is 368 g/mol. The van der Waals surface area contributed by atoms with Crippen molar-refractivity contribution in [2.24, 2.45) is 0 Å². The number of aromatic amines is 1. The summed E-state index contributed by atoms with van der Waals surface area (Å²) < 4.78 is 8.05. The second kappa shape index (κ2) is 6.93. The standard InChI is InChI=1S/C19H17BrN2O2/c1-3-24-18-10-9-15(20)11-14(18)12-17-13(2)21-22(19(17)23)16-7-5-4-6-8-16/h4-12,21H,2-3H2,1H3. The van der Waals surface area contributed by atoms with E-state index in [2.05, 4.69) is 27.6 Å². The summed E-state index contributed by atoms with van der Waals surface area (Å²) in [6, 6.07) is 15.1. The molecule has 5 heteroatoms. The highest BCUT2D eigenvalue weighted by Crippen LogP contribution is 2.23. The molecule has 0 bridgehead atoms. The average molecular weight is 385 g/mol. The van der Waals surface area contributed by atoms with Gasteiger partial charge in [-0.25, -0.2) is 4.68 Å². The quantitative estimate of drug-likeness (QED) is 0.751. The Morgan fingerprint density at radius 3 is 2.71 bits per heavy atom. The Hall–Kier alpha value is -2.53. The van der Waals surface area contributed by atoms with Gasteiger partial charge in [-0.1, -0.05) is 40.7 Å². The van der Waals surface area contributed by atoms with E-state index >= 15 is 0 Å². The highest BCUT2D eigenvalue weighted by atomic mass is 79.9. The van der Waals surface area contributed by atoms with E-state index < -0.39 is 0 Å². The lowest BCUT2D eigenvalue weighted by atomic mass is 10.1. The molecule has 0 unspecified atom stereocenters. The largest absolute Gasteiger partial charge is 0.493 e. The Balaban J connectivity index is 2.20. The van der Waals surface area contributed by atoms with Crippen molar-refractivity contribution in [3.8, 4) is 11.4 Å². The third-order valence-electron chi connectivity index (χ3n) is 3.59. The van der Waals surface area contributed by atoms with Gasteiger partial charge in [0.1, 0.15) is 5.75 Å². The van der Waals surface area contributed by atoms with Crippen molar-refractivity contribution in [1.82, 2.24) is 9.78 Å². The van der Waals surface area contributed by atoms with Gasteiger partial charge in [-0.3, -0.25) is 9.89 Å². The van der Waals surface area contributed by atoms with Crippen LogP contribution in [0.3, 0.4) is 0 Å². The number of nitrogens with zero attached hydrogens (tertiary/aromatic N) is 1. The molecule has 0 atom stereocenters. The number of hydrogen-bond acceptors (Lipinski definition) is 2. The molecule has 3 rings (SSSR count). The number of H-pyrrole nitrogens is 1. The second-order valence-corrected chi connectivity index (χ2v) is 6.16. The minimum Gasteiger partial charge on any atom is -0.493 e. The third-order valence-corrected chi connectivity index (χ3v) is 4.08. The van der Waals surface area contributed by atoms with Crippen LogP contribution < -0.4 is 20.9 Å². The summed E-state index contributed by atoms with van der Waals surface area (Å²) in [5.74, 6) is 0.729. The predicted molar refractivity (Wildman–Crippen MR) is 100 cm³/mol. The summed E-state index contributed by atoms with van der Waals surface area (Å²) in [5, 5.41) is 4.10. The maximum Gasteiger partial charge on any atom is 0.279 e. The molecule has 1 N–H and O–H groups in total. The zero-order valence-corrected chi connectivity index (χ0v) is 14.8. The Labute approximate surface area is 147 Å². The highest BCUT2D eigenvalue weighted by molar-refractivity contribution is 9.10.